The van der Waals surface area contributed by atoms with Gasteiger partial charge < -0.3 is 5.73 Å². The summed E-state index contributed by atoms with van der Waals surface area (Å²) in [7, 11) is -3.55. The van der Waals surface area contributed by atoms with Crippen LogP contribution < -0.4 is 5.73 Å². The predicted molar refractivity (Wildman–Crippen MR) is 71.7 cm³/mol. The summed E-state index contributed by atoms with van der Waals surface area (Å²) in [4.78, 5) is 0.177. The molecule has 0 aromatic heterocycles. The second-order valence-electron chi connectivity index (χ2n) is 5.20. The fraction of sp³-hybridized carbons (Fsp3) is 0.538. The SMILES string of the molecule is Cc1cc(F)ccc1S(=O)(=O)N1CCC(N)C(C)C1. The minimum absolute atomic E-state index is 0.0424. The van der Waals surface area contributed by atoms with Crippen LogP contribution in [0.15, 0.2) is 23.1 Å². The zero-order valence-electron chi connectivity index (χ0n) is 11.1. The fourth-order valence-corrected chi connectivity index (χ4v) is 4.15. The Labute approximate surface area is 113 Å². The number of hydrogen-bond acceptors (Lipinski definition) is 3. The van der Waals surface area contributed by atoms with E-state index in [0.29, 0.717) is 25.1 Å². The summed E-state index contributed by atoms with van der Waals surface area (Å²) in [6.07, 6.45) is 0.653. The number of sulfonamides is 1. The molecular formula is C13H19FN2O2S. The number of nitrogens with two attached hydrogens (primary N) is 1. The lowest BCUT2D eigenvalue weighted by molar-refractivity contribution is 0.250. The lowest BCUT2D eigenvalue weighted by Crippen LogP contribution is -2.48. The molecule has 2 rings (SSSR count). The quantitative estimate of drug-likeness (QED) is 0.896. The molecule has 0 bridgehead atoms. The van der Waals surface area contributed by atoms with Crippen LogP contribution in [0.4, 0.5) is 4.39 Å². The Balaban J connectivity index is 2.32. The summed E-state index contributed by atoms with van der Waals surface area (Å²) in [5.41, 5.74) is 6.33. The molecule has 19 heavy (non-hydrogen) atoms. The van der Waals surface area contributed by atoms with E-state index in [4.69, 9.17) is 5.73 Å². The molecule has 0 spiro atoms. The summed E-state index contributed by atoms with van der Waals surface area (Å²) in [6.45, 7) is 4.39. The van der Waals surface area contributed by atoms with Crippen LogP contribution in [0.25, 0.3) is 0 Å². The number of aryl methyl sites for hydroxylation is 1. The van der Waals surface area contributed by atoms with E-state index in [9.17, 15) is 12.8 Å². The Kier molecular flexibility index (Phi) is 3.94. The summed E-state index contributed by atoms with van der Waals surface area (Å²) in [5, 5.41) is 0. The third kappa shape index (κ3) is 2.80. The molecule has 1 aliphatic heterocycles. The first kappa shape index (κ1) is 14.4. The third-order valence-electron chi connectivity index (χ3n) is 3.69. The maximum Gasteiger partial charge on any atom is 0.243 e. The molecule has 1 saturated heterocycles. The van der Waals surface area contributed by atoms with Crippen molar-refractivity contribution in [3.05, 3.63) is 29.6 Å². The Morgan fingerprint density at radius 3 is 2.68 bits per heavy atom. The monoisotopic (exact) mass is 286 g/mol. The second-order valence-corrected chi connectivity index (χ2v) is 7.11. The van der Waals surface area contributed by atoms with Crippen molar-refractivity contribution in [2.24, 2.45) is 11.7 Å². The van der Waals surface area contributed by atoms with Gasteiger partial charge in [-0.15, -0.1) is 0 Å². The van der Waals surface area contributed by atoms with E-state index >= 15 is 0 Å². The van der Waals surface area contributed by atoms with Gasteiger partial charge in [-0.2, -0.15) is 4.31 Å². The molecule has 2 unspecified atom stereocenters. The molecule has 4 nitrogen and oxygen atoms in total. The van der Waals surface area contributed by atoms with E-state index in [1.807, 2.05) is 6.92 Å². The van der Waals surface area contributed by atoms with Gasteiger partial charge in [0.1, 0.15) is 5.82 Å². The van der Waals surface area contributed by atoms with Crippen molar-refractivity contribution in [2.45, 2.75) is 31.2 Å². The molecule has 1 heterocycles. The van der Waals surface area contributed by atoms with Gasteiger partial charge in [0.25, 0.3) is 0 Å². The van der Waals surface area contributed by atoms with Crippen LogP contribution in [0, 0.1) is 18.7 Å². The molecule has 106 valence electrons. The van der Waals surface area contributed by atoms with E-state index in [1.165, 1.54) is 22.5 Å². The van der Waals surface area contributed by atoms with E-state index < -0.39 is 15.8 Å². The fourth-order valence-electron chi connectivity index (χ4n) is 2.39. The molecule has 1 fully saturated rings. The van der Waals surface area contributed by atoms with Crippen LogP contribution in [0.3, 0.4) is 0 Å². The Morgan fingerprint density at radius 2 is 2.11 bits per heavy atom. The summed E-state index contributed by atoms with van der Waals surface area (Å²) < 4.78 is 39.6. The van der Waals surface area contributed by atoms with Gasteiger partial charge in [0, 0.05) is 19.1 Å². The van der Waals surface area contributed by atoms with Crippen LogP contribution in [0.2, 0.25) is 0 Å². The number of benzene rings is 1. The van der Waals surface area contributed by atoms with Crippen molar-refractivity contribution in [1.29, 1.82) is 0 Å². The Hall–Kier alpha value is -0.980. The Bertz CT molecular complexity index is 574. The maximum atomic E-state index is 13.1. The van der Waals surface area contributed by atoms with Crippen molar-refractivity contribution < 1.29 is 12.8 Å². The third-order valence-corrected chi connectivity index (χ3v) is 5.71. The minimum Gasteiger partial charge on any atom is -0.327 e. The number of hydrogen-bond donors (Lipinski definition) is 1. The normalized spacial score (nSPS) is 25.5. The first-order valence-electron chi connectivity index (χ1n) is 6.34. The first-order chi connectivity index (χ1) is 8.82. The topological polar surface area (TPSA) is 63.4 Å². The number of nitrogens with zero attached hydrogens (tertiary/aromatic N) is 1. The van der Waals surface area contributed by atoms with Crippen LogP contribution >= 0.6 is 0 Å². The van der Waals surface area contributed by atoms with Crippen molar-refractivity contribution in [2.75, 3.05) is 13.1 Å². The minimum atomic E-state index is -3.55. The van der Waals surface area contributed by atoms with Gasteiger partial charge >= 0.3 is 0 Å². The van der Waals surface area contributed by atoms with Crippen LogP contribution in [-0.4, -0.2) is 31.9 Å². The van der Waals surface area contributed by atoms with Gasteiger partial charge in [-0.25, -0.2) is 12.8 Å². The summed E-state index contributed by atoms with van der Waals surface area (Å²) in [5.74, 6) is -0.297. The van der Waals surface area contributed by atoms with E-state index in [2.05, 4.69) is 0 Å². The van der Waals surface area contributed by atoms with Crippen molar-refractivity contribution >= 4 is 10.0 Å². The molecule has 0 radical (unpaired) electrons. The predicted octanol–water partition coefficient (Wildman–Crippen LogP) is 1.49. The lowest BCUT2D eigenvalue weighted by atomic mass is 9.96. The highest BCUT2D eigenvalue weighted by atomic mass is 32.2. The smallest absolute Gasteiger partial charge is 0.243 e. The standard InChI is InChI=1S/C13H19FN2O2S/c1-9-7-11(14)3-4-13(9)19(17,18)16-6-5-12(15)10(2)8-16/h3-4,7,10,12H,5-6,8,15H2,1-2H3. The van der Waals surface area contributed by atoms with Crippen molar-refractivity contribution in [1.82, 2.24) is 4.31 Å². The van der Waals surface area contributed by atoms with E-state index in [1.54, 1.807) is 6.92 Å². The molecule has 0 aliphatic carbocycles. The number of piperidine rings is 1. The average Bonchev–Trinajstić information content (AvgIpc) is 2.32. The molecular weight excluding hydrogens is 267 g/mol. The van der Waals surface area contributed by atoms with Gasteiger partial charge in [-0.05, 0) is 43.0 Å². The van der Waals surface area contributed by atoms with E-state index in [0.717, 1.165) is 0 Å². The lowest BCUT2D eigenvalue weighted by Gasteiger charge is -2.34. The van der Waals surface area contributed by atoms with Gasteiger partial charge in [-0.3, -0.25) is 0 Å². The maximum absolute atomic E-state index is 13.1. The highest BCUT2D eigenvalue weighted by Gasteiger charge is 2.32. The van der Waals surface area contributed by atoms with E-state index in [-0.39, 0.29) is 16.9 Å². The molecule has 1 aromatic carbocycles. The van der Waals surface area contributed by atoms with Crippen LogP contribution in [-0.2, 0) is 10.0 Å². The average molecular weight is 286 g/mol. The highest BCUT2D eigenvalue weighted by molar-refractivity contribution is 7.89. The number of halogens is 1. The van der Waals surface area contributed by atoms with Gasteiger partial charge in [-0.1, -0.05) is 6.92 Å². The van der Waals surface area contributed by atoms with Crippen LogP contribution in [0.5, 0.6) is 0 Å². The summed E-state index contributed by atoms with van der Waals surface area (Å²) in [6, 6.07) is 3.80. The number of rotatable bonds is 2. The van der Waals surface area contributed by atoms with Gasteiger partial charge in [0.15, 0.2) is 0 Å². The Morgan fingerprint density at radius 1 is 1.42 bits per heavy atom. The second kappa shape index (κ2) is 5.19. The van der Waals surface area contributed by atoms with Gasteiger partial charge in [0.2, 0.25) is 10.0 Å². The molecule has 1 aliphatic rings. The molecule has 2 atom stereocenters. The first-order valence-corrected chi connectivity index (χ1v) is 7.78. The zero-order valence-corrected chi connectivity index (χ0v) is 12.0. The zero-order chi connectivity index (χ0) is 14.2. The van der Waals surface area contributed by atoms with Gasteiger partial charge in [0.05, 0.1) is 4.90 Å². The molecule has 6 heteroatoms. The highest BCUT2D eigenvalue weighted by Crippen LogP contribution is 2.25. The molecule has 0 saturated carbocycles. The van der Waals surface area contributed by atoms with Crippen molar-refractivity contribution in [3.8, 4) is 0 Å². The van der Waals surface area contributed by atoms with Crippen LogP contribution in [0.1, 0.15) is 18.9 Å². The summed E-state index contributed by atoms with van der Waals surface area (Å²) >= 11 is 0. The van der Waals surface area contributed by atoms with Crippen molar-refractivity contribution in [3.63, 3.8) is 0 Å². The molecule has 2 N–H and O–H groups in total. The largest absolute Gasteiger partial charge is 0.327 e. The molecule has 0 amide bonds. The molecule has 1 aromatic rings.